The van der Waals surface area contributed by atoms with Gasteiger partial charge in [0.25, 0.3) is 5.91 Å². The first-order chi connectivity index (χ1) is 14.5. The summed E-state index contributed by atoms with van der Waals surface area (Å²) >= 11 is 8.98. The lowest BCUT2D eigenvalue weighted by molar-refractivity contribution is 0.0954. The van der Waals surface area contributed by atoms with E-state index in [9.17, 15) is 4.79 Å². The van der Waals surface area contributed by atoms with E-state index in [2.05, 4.69) is 65.0 Å². The van der Waals surface area contributed by atoms with Crippen molar-refractivity contribution in [3.63, 3.8) is 0 Å². The number of nitrogens with one attached hydrogen (secondary N) is 1. The number of carbonyl (C=O) groups is 1. The Morgan fingerprint density at radius 1 is 1.13 bits per heavy atom. The van der Waals surface area contributed by atoms with Crippen molar-refractivity contribution in [1.82, 2.24) is 5.43 Å². The predicted molar refractivity (Wildman–Crippen MR) is 133 cm³/mol. The number of halogens is 3. The van der Waals surface area contributed by atoms with Crippen LogP contribution >= 0.6 is 54.5 Å². The second-order valence-corrected chi connectivity index (χ2v) is 9.06. The molecule has 0 heterocycles. The van der Waals surface area contributed by atoms with Crippen molar-refractivity contribution in [3.05, 3.63) is 89.9 Å². The lowest BCUT2D eigenvalue weighted by atomic mass is 10.2. The van der Waals surface area contributed by atoms with Crippen LogP contribution in [-0.4, -0.2) is 19.2 Å². The quantitative estimate of drug-likeness (QED) is 0.190. The smallest absolute Gasteiger partial charge is 0.272 e. The fourth-order valence-corrected chi connectivity index (χ4v) is 4.07. The first-order valence-electron chi connectivity index (χ1n) is 8.80. The van der Waals surface area contributed by atoms with Crippen molar-refractivity contribution in [3.8, 4) is 11.5 Å². The molecule has 5 nitrogen and oxygen atoms in total. The van der Waals surface area contributed by atoms with E-state index >= 15 is 0 Å². The van der Waals surface area contributed by atoms with Crippen LogP contribution in [0.1, 0.15) is 21.5 Å². The van der Waals surface area contributed by atoms with Crippen LogP contribution < -0.4 is 14.9 Å². The second-order valence-electron chi connectivity index (χ2n) is 6.13. The molecule has 0 radical (unpaired) electrons. The summed E-state index contributed by atoms with van der Waals surface area (Å²) in [7, 11) is 1.59. The predicted octanol–water partition coefficient (Wildman–Crippen LogP) is 6.17. The number of hydrogen-bond donors (Lipinski definition) is 1. The van der Waals surface area contributed by atoms with Gasteiger partial charge in [0.2, 0.25) is 0 Å². The Kier molecular flexibility index (Phi) is 8.29. The molecule has 0 aliphatic carbocycles. The van der Waals surface area contributed by atoms with Crippen molar-refractivity contribution in [2.24, 2.45) is 5.10 Å². The van der Waals surface area contributed by atoms with Gasteiger partial charge < -0.3 is 9.47 Å². The van der Waals surface area contributed by atoms with Crippen molar-refractivity contribution in [2.75, 3.05) is 7.11 Å². The van der Waals surface area contributed by atoms with E-state index in [-0.39, 0.29) is 5.91 Å². The molecule has 0 aliphatic heterocycles. The van der Waals surface area contributed by atoms with Crippen LogP contribution in [0.15, 0.2) is 74.7 Å². The van der Waals surface area contributed by atoms with Gasteiger partial charge in [-0.25, -0.2) is 5.43 Å². The third-order valence-corrected chi connectivity index (χ3v) is 6.07. The second kappa shape index (κ2) is 10.9. The zero-order valence-corrected chi connectivity index (χ0v) is 21.2. The number of hydrogen-bond acceptors (Lipinski definition) is 4. The van der Waals surface area contributed by atoms with Crippen LogP contribution in [0.3, 0.4) is 0 Å². The molecule has 154 valence electrons. The highest BCUT2D eigenvalue weighted by Crippen LogP contribution is 2.34. The zero-order chi connectivity index (χ0) is 21.5. The minimum absolute atomic E-state index is 0.296. The Morgan fingerprint density at radius 3 is 2.57 bits per heavy atom. The molecule has 8 heteroatoms. The average Bonchev–Trinajstić information content (AvgIpc) is 2.74. The van der Waals surface area contributed by atoms with Crippen LogP contribution in [0.5, 0.6) is 11.5 Å². The molecule has 0 spiro atoms. The van der Waals surface area contributed by atoms with Gasteiger partial charge in [-0.2, -0.15) is 5.10 Å². The summed E-state index contributed by atoms with van der Waals surface area (Å²) in [5, 5.41) is 4.06. The Labute approximate surface area is 205 Å². The van der Waals surface area contributed by atoms with Crippen LogP contribution in [0.2, 0.25) is 0 Å². The van der Waals surface area contributed by atoms with Crippen molar-refractivity contribution in [1.29, 1.82) is 0 Å². The van der Waals surface area contributed by atoms with Gasteiger partial charge in [0, 0.05) is 8.95 Å². The van der Waals surface area contributed by atoms with Crippen LogP contribution in [-0.2, 0) is 6.61 Å². The third kappa shape index (κ3) is 6.05. The molecule has 0 bridgehead atoms. The fourth-order valence-electron chi connectivity index (χ4n) is 2.56. The van der Waals surface area contributed by atoms with Crippen molar-refractivity contribution < 1.29 is 14.3 Å². The molecular formula is C22H17Br2IN2O3. The van der Waals surface area contributed by atoms with Gasteiger partial charge >= 0.3 is 0 Å². The van der Waals surface area contributed by atoms with E-state index < -0.39 is 0 Å². The van der Waals surface area contributed by atoms with E-state index in [1.807, 2.05) is 42.5 Å². The van der Waals surface area contributed by atoms with Crippen molar-refractivity contribution in [2.45, 2.75) is 6.61 Å². The molecule has 0 saturated carbocycles. The fraction of sp³-hybridized carbons (Fsp3) is 0.0909. The number of rotatable bonds is 7. The summed E-state index contributed by atoms with van der Waals surface area (Å²) < 4.78 is 14.1. The number of amides is 1. The third-order valence-electron chi connectivity index (χ3n) is 4.05. The minimum Gasteiger partial charge on any atom is -0.493 e. The van der Waals surface area contributed by atoms with Crippen LogP contribution in [0, 0.1) is 3.57 Å². The molecular weight excluding hydrogens is 627 g/mol. The molecule has 0 unspecified atom stereocenters. The standard InChI is InChI=1S/C22H17Br2IN2O3/c1-29-20-11-15(12-26-27-22(28)17-4-2-3-5-18(17)24)10-19(25)21(20)30-13-14-6-8-16(23)9-7-14/h2-12H,13H2,1H3,(H,27,28)/b26-12-. The van der Waals surface area contributed by atoms with E-state index in [1.165, 1.54) is 0 Å². The van der Waals surface area contributed by atoms with Crippen LogP contribution in [0.25, 0.3) is 0 Å². The lowest BCUT2D eigenvalue weighted by Gasteiger charge is -2.13. The van der Waals surface area contributed by atoms with Gasteiger partial charge in [-0.1, -0.05) is 40.2 Å². The maximum atomic E-state index is 12.2. The van der Waals surface area contributed by atoms with Gasteiger partial charge in [-0.3, -0.25) is 4.79 Å². The van der Waals surface area contributed by atoms with Crippen molar-refractivity contribution >= 4 is 66.6 Å². The molecule has 0 atom stereocenters. The Morgan fingerprint density at radius 2 is 1.87 bits per heavy atom. The topological polar surface area (TPSA) is 59.9 Å². The highest BCUT2D eigenvalue weighted by Gasteiger charge is 2.12. The zero-order valence-electron chi connectivity index (χ0n) is 15.9. The summed E-state index contributed by atoms with van der Waals surface area (Å²) in [6.45, 7) is 0.426. The Hall–Kier alpha value is -1.91. The highest BCUT2D eigenvalue weighted by atomic mass is 127. The number of carbonyl (C=O) groups excluding carboxylic acids is 1. The Balaban J connectivity index is 1.70. The number of methoxy groups -OCH3 is 1. The van der Waals surface area contributed by atoms with Gasteiger partial charge in [0.1, 0.15) is 6.61 Å². The summed E-state index contributed by atoms with van der Waals surface area (Å²) in [6.07, 6.45) is 1.57. The van der Waals surface area contributed by atoms with Gasteiger partial charge in [-0.15, -0.1) is 0 Å². The molecule has 0 fully saturated rings. The molecule has 0 aromatic heterocycles. The summed E-state index contributed by atoms with van der Waals surface area (Å²) in [4.78, 5) is 12.2. The number of hydrazone groups is 1. The van der Waals surface area contributed by atoms with Gasteiger partial charge in [0.05, 0.1) is 22.5 Å². The van der Waals surface area contributed by atoms with Gasteiger partial charge in [0.15, 0.2) is 11.5 Å². The lowest BCUT2D eigenvalue weighted by Crippen LogP contribution is -2.18. The monoisotopic (exact) mass is 642 g/mol. The maximum absolute atomic E-state index is 12.2. The summed E-state index contributed by atoms with van der Waals surface area (Å²) in [6, 6.07) is 18.8. The molecule has 1 amide bonds. The molecule has 3 aromatic carbocycles. The first kappa shape index (κ1) is 22.8. The van der Waals surface area contributed by atoms with Gasteiger partial charge in [-0.05, 0) is 86.0 Å². The number of nitrogens with zero attached hydrogens (tertiary/aromatic N) is 1. The number of benzene rings is 3. The largest absolute Gasteiger partial charge is 0.493 e. The molecule has 30 heavy (non-hydrogen) atoms. The summed E-state index contributed by atoms with van der Waals surface area (Å²) in [5.41, 5.74) is 4.88. The molecule has 0 saturated heterocycles. The molecule has 3 rings (SSSR count). The maximum Gasteiger partial charge on any atom is 0.272 e. The molecule has 0 aliphatic rings. The van der Waals surface area contributed by atoms with E-state index in [4.69, 9.17) is 9.47 Å². The molecule has 3 aromatic rings. The number of ether oxygens (including phenoxy) is 2. The SMILES string of the molecule is COc1cc(/C=N\NC(=O)c2ccccc2Br)cc(I)c1OCc1ccc(Br)cc1. The highest BCUT2D eigenvalue weighted by molar-refractivity contribution is 14.1. The first-order valence-corrected chi connectivity index (χ1v) is 11.5. The van der Waals surface area contributed by atoms with E-state index in [0.29, 0.717) is 28.1 Å². The minimum atomic E-state index is -0.296. The Bertz CT molecular complexity index is 1070. The average molecular weight is 644 g/mol. The van der Waals surface area contributed by atoms with Crippen LogP contribution in [0.4, 0.5) is 0 Å². The van der Waals surface area contributed by atoms with E-state index in [0.717, 1.165) is 19.2 Å². The normalized spacial score (nSPS) is 10.8. The summed E-state index contributed by atoms with van der Waals surface area (Å²) in [5.74, 6) is 0.961. The van der Waals surface area contributed by atoms with E-state index in [1.54, 1.807) is 31.5 Å². The molecule has 1 N–H and O–H groups in total.